The molecule has 0 spiro atoms. The van der Waals surface area contributed by atoms with Gasteiger partial charge in [-0.2, -0.15) is 0 Å². The highest BCUT2D eigenvalue weighted by atomic mass is 16.3. The van der Waals surface area contributed by atoms with Gasteiger partial charge in [-0.3, -0.25) is 0 Å². The monoisotopic (exact) mass is 242 g/mol. The summed E-state index contributed by atoms with van der Waals surface area (Å²) >= 11 is 0. The standard InChI is InChI=1S/C16H34O/c1-6-13(2)9-7-10-14(3)11-8-12-15(4)16(5)17/h13-17H,6-12H2,1-5H3/t13-,14+,15+,16+/m1/s1. The van der Waals surface area contributed by atoms with Gasteiger partial charge in [0.2, 0.25) is 0 Å². The third kappa shape index (κ3) is 9.64. The Morgan fingerprint density at radius 1 is 0.765 bits per heavy atom. The van der Waals surface area contributed by atoms with E-state index in [2.05, 4.69) is 27.7 Å². The minimum atomic E-state index is -0.143. The maximum Gasteiger partial charge on any atom is 0.0537 e. The lowest BCUT2D eigenvalue weighted by Gasteiger charge is -2.16. The Labute approximate surface area is 109 Å². The quantitative estimate of drug-likeness (QED) is 0.570. The molecule has 1 nitrogen and oxygen atoms in total. The highest BCUT2D eigenvalue weighted by Crippen LogP contribution is 2.20. The third-order valence-corrected chi connectivity index (χ3v) is 4.27. The predicted octanol–water partition coefficient (Wildman–Crippen LogP) is 5.03. The van der Waals surface area contributed by atoms with Crippen LogP contribution < -0.4 is 0 Å². The van der Waals surface area contributed by atoms with Gasteiger partial charge in [-0.1, -0.05) is 66.2 Å². The molecule has 0 aromatic heterocycles. The first-order valence-corrected chi connectivity index (χ1v) is 7.65. The van der Waals surface area contributed by atoms with E-state index in [1.807, 2.05) is 6.92 Å². The summed E-state index contributed by atoms with van der Waals surface area (Å²) in [6.45, 7) is 11.1. The highest BCUT2D eigenvalue weighted by molar-refractivity contribution is 4.62. The molecule has 0 rings (SSSR count). The van der Waals surface area contributed by atoms with Gasteiger partial charge in [0.1, 0.15) is 0 Å². The van der Waals surface area contributed by atoms with Crippen LogP contribution in [0.4, 0.5) is 0 Å². The van der Waals surface area contributed by atoms with Crippen LogP contribution in [-0.2, 0) is 0 Å². The maximum absolute atomic E-state index is 9.42. The van der Waals surface area contributed by atoms with Crippen molar-refractivity contribution in [2.45, 2.75) is 85.7 Å². The SMILES string of the molecule is CC[C@@H](C)CCC[C@H](C)CCC[C@H](C)[C@H](C)O. The molecule has 0 saturated heterocycles. The maximum atomic E-state index is 9.42. The van der Waals surface area contributed by atoms with Crippen molar-refractivity contribution in [3.05, 3.63) is 0 Å². The third-order valence-electron chi connectivity index (χ3n) is 4.27. The van der Waals surface area contributed by atoms with E-state index in [0.717, 1.165) is 11.8 Å². The average Bonchev–Trinajstić information content (AvgIpc) is 2.28. The van der Waals surface area contributed by atoms with Crippen LogP contribution in [0.25, 0.3) is 0 Å². The molecule has 104 valence electrons. The second kappa shape index (κ2) is 9.94. The van der Waals surface area contributed by atoms with Gasteiger partial charge in [-0.15, -0.1) is 0 Å². The molecule has 0 aromatic rings. The number of aliphatic hydroxyl groups is 1. The second-order valence-corrected chi connectivity index (χ2v) is 6.20. The average molecular weight is 242 g/mol. The van der Waals surface area contributed by atoms with Crippen molar-refractivity contribution in [3.8, 4) is 0 Å². The summed E-state index contributed by atoms with van der Waals surface area (Å²) in [6, 6.07) is 0. The predicted molar refractivity (Wildman–Crippen MR) is 77.2 cm³/mol. The Bertz CT molecular complexity index is 165. The molecule has 0 fully saturated rings. The van der Waals surface area contributed by atoms with E-state index in [4.69, 9.17) is 0 Å². The fourth-order valence-electron chi connectivity index (χ4n) is 2.19. The minimum Gasteiger partial charge on any atom is -0.393 e. The Kier molecular flexibility index (Phi) is 9.91. The van der Waals surface area contributed by atoms with Crippen LogP contribution in [0.3, 0.4) is 0 Å². The molecule has 1 N–H and O–H groups in total. The van der Waals surface area contributed by atoms with Gasteiger partial charge in [0, 0.05) is 0 Å². The van der Waals surface area contributed by atoms with Gasteiger partial charge in [-0.05, 0) is 31.1 Å². The molecule has 0 aliphatic heterocycles. The van der Waals surface area contributed by atoms with Crippen LogP contribution >= 0.6 is 0 Å². The topological polar surface area (TPSA) is 20.2 Å². The van der Waals surface area contributed by atoms with E-state index >= 15 is 0 Å². The second-order valence-electron chi connectivity index (χ2n) is 6.20. The van der Waals surface area contributed by atoms with E-state index in [0.29, 0.717) is 5.92 Å². The van der Waals surface area contributed by atoms with Crippen LogP contribution in [0.1, 0.15) is 79.6 Å². The molecule has 0 amide bonds. The van der Waals surface area contributed by atoms with Crippen molar-refractivity contribution >= 4 is 0 Å². The largest absolute Gasteiger partial charge is 0.393 e. The van der Waals surface area contributed by atoms with Crippen LogP contribution in [0.15, 0.2) is 0 Å². The van der Waals surface area contributed by atoms with Crippen LogP contribution in [-0.4, -0.2) is 11.2 Å². The lowest BCUT2D eigenvalue weighted by molar-refractivity contribution is 0.127. The molecule has 0 radical (unpaired) electrons. The first-order valence-electron chi connectivity index (χ1n) is 7.65. The lowest BCUT2D eigenvalue weighted by atomic mass is 9.91. The summed E-state index contributed by atoms with van der Waals surface area (Å²) < 4.78 is 0. The lowest BCUT2D eigenvalue weighted by Crippen LogP contribution is -2.13. The molecule has 17 heavy (non-hydrogen) atoms. The van der Waals surface area contributed by atoms with Gasteiger partial charge in [0.15, 0.2) is 0 Å². The Hall–Kier alpha value is -0.0400. The highest BCUT2D eigenvalue weighted by Gasteiger charge is 2.09. The van der Waals surface area contributed by atoms with Gasteiger partial charge in [0.05, 0.1) is 6.10 Å². The molecule has 0 bridgehead atoms. The van der Waals surface area contributed by atoms with Crippen molar-refractivity contribution in [2.75, 3.05) is 0 Å². The number of hydrogen-bond donors (Lipinski definition) is 1. The molecule has 0 saturated carbocycles. The van der Waals surface area contributed by atoms with Crippen molar-refractivity contribution in [3.63, 3.8) is 0 Å². The molecule has 4 atom stereocenters. The van der Waals surface area contributed by atoms with Crippen LogP contribution in [0.5, 0.6) is 0 Å². The van der Waals surface area contributed by atoms with Gasteiger partial charge in [0.25, 0.3) is 0 Å². The summed E-state index contributed by atoms with van der Waals surface area (Å²) in [5.41, 5.74) is 0. The molecule has 1 heteroatoms. The molecule has 0 aliphatic carbocycles. The molecule has 0 aliphatic rings. The zero-order valence-corrected chi connectivity index (χ0v) is 12.7. The normalized spacial score (nSPS) is 18.7. The van der Waals surface area contributed by atoms with E-state index in [1.165, 1.54) is 44.9 Å². The summed E-state index contributed by atoms with van der Waals surface area (Å²) in [7, 11) is 0. The molecule has 0 unspecified atom stereocenters. The zero-order valence-electron chi connectivity index (χ0n) is 12.7. The molecule has 0 heterocycles. The van der Waals surface area contributed by atoms with Gasteiger partial charge < -0.3 is 5.11 Å². The fraction of sp³-hybridized carbons (Fsp3) is 1.00. The van der Waals surface area contributed by atoms with Crippen LogP contribution in [0, 0.1) is 17.8 Å². The summed E-state index contributed by atoms with van der Waals surface area (Å²) in [6.07, 6.45) is 9.12. The van der Waals surface area contributed by atoms with Crippen molar-refractivity contribution in [1.29, 1.82) is 0 Å². The summed E-state index contributed by atoms with van der Waals surface area (Å²) in [5, 5.41) is 9.42. The van der Waals surface area contributed by atoms with E-state index in [1.54, 1.807) is 0 Å². The van der Waals surface area contributed by atoms with Crippen LogP contribution in [0.2, 0.25) is 0 Å². The van der Waals surface area contributed by atoms with E-state index < -0.39 is 0 Å². The van der Waals surface area contributed by atoms with E-state index in [9.17, 15) is 5.11 Å². The Morgan fingerprint density at radius 2 is 1.24 bits per heavy atom. The van der Waals surface area contributed by atoms with Gasteiger partial charge in [-0.25, -0.2) is 0 Å². The number of hydrogen-bond acceptors (Lipinski definition) is 1. The fourth-order valence-corrected chi connectivity index (χ4v) is 2.19. The van der Waals surface area contributed by atoms with E-state index in [-0.39, 0.29) is 6.10 Å². The Balaban J connectivity index is 3.43. The minimum absolute atomic E-state index is 0.143. The number of aliphatic hydroxyl groups excluding tert-OH is 1. The summed E-state index contributed by atoms with van der Waals surface area (Å²) in [4.78, 5) is 0. The smallest absolute Gasteiger partial charge is 0.0537 e. The molecule has 0 aromatic carbocycles. The molecular weight excluding hydrogens is 208 g/mol. The van der Waals surface area contributed by atoms with Crippen molar-refractivity contribution in [2.24, 2.45) is 17.8 Å². The first kappa shape index (κ1) is 17.0. The molecular formula is C16H34O. The first-order chi connectivity index (χ1) is 7.97. The number of rotatable bonds is 10. The zero-order chi connectivity index (χ0) is 13.3. The van der Waals surface area contributed by atoms with Crippen molar-refractivity contribution < 1.29 is 5.11 Å². The summed E-state index contributed by atoms with van der Waals surface area (Å²) in [5.74, 6) is 2.22. The van der Waals surface area contributed by atoms with Gasteiger partial charge >= 0.3 is 0 Å². The Morgan fingerprint density at radius 3 is 1.71 bits per heavy atom. The van der Waals surface area contributed by atoms with Crippen molar-refractivity contribution in [1.82, 2.24) is 0 Å².